The molecule has 1 aromatic carbocycles. The van der Waals surface area contributed by atoms with Crippen molar-refractivity contribution in [2.75, 3.05) is 37.2 Å². The number of H-pyrrole nitrogens is 1. The van der Waals surface area contributed by atoms with Crippen LogP contribution in [0, 0.1) is 0 Å². The van der Waals surface area contributed by atoms with E-state index in [-0.39, 0.29) is 12.2 Å². The second-order valence-electron chi connectivity index (χ2n) is 7.73. The molecule has 9 nitrogen and oxygen atoms in total. The molecule has 1 unspecified atom stereocenters. The van der Waals surface area contributed by atoms with Crippen LogP contribution < -0.4 is 21.1 Å². The highest BCUT2D eigenvalue weighted by Gasteiger charge is 2.26. The summed E-state index contributed by atoms with van der Waals surface area (Å²) in [5, 5.41) is 14.5. The van der Waals surface area contributed by atoms with E-state index in [1.165, 1.54) is 0 Å². The molecule has 0 spiro atoms. The van der Waals surface area contributed by atoms with Crippen molar-refractivity contribution in [3.05, 3.63) is 46.6 Å². The maximum absolute atomic E-state index is 6.58. The molecule has 174 valence electrons. The van der Waals surface area contributed by atoms with Gasteiger partial charge in [-0.1, -0.05) is 29.8 Å². The molecule has 0 bridgehead atoms. The number of benzene rings is 1. The van der Waals surface area contributed by atoms with Gasteiger partial charge in [0.05, 0.1) is 10.7 Å². The van der Waals surface area contributed by atoms with Gasteiger partial charge in [0.15, 0.2) is 0 Å². The van der Waals surface area contributed by atoms with Gasteiger partial charge in [-0.25, -0.2) is 4.99 Å². The summed E-state index contributed by atoms with van der Waals surface area (Å²) in [6, 6.07) is 5.69. The highest BCUT2D eigenvalue weighted by atomic mass is 35.5. The van der Waals surface area contributed by atoms with Crippen LogP contribution in [0.4, 0.5) is 11.5 Å². The van der Waals surface area contributed by atoms with Crippen LogP contribution in [0.3, 0.4) is 0 Å². The van der Waals surface area contributed by atoms with Crippen molar-refractivity contribution in [1.82, 2.24) is 20.4 Å². The molecule has 2 aliphatic rings. The SMILES string of the molecule is CC=Cc1c(N)ccc(OC2=NC(Nc3cc(/C=C/C)[nH]n3)CC(N3CCNCC3)=N2)c1Cl. The topological polar surface area (TPSA) is 116 Å². The molecule has 1 saturated heterocycles. The molecule has 1 fully saturated rings. The number of nitrogen functional groups attached to an aromatic ring is 1. The van der Waals surface area contributed by atoms with Crippen molar-refractivity contribution in [2.45, 2.75) is 26.4 Å². The predicted octanol–water partition coefficient (Wildman–Crippen LogP) is 3.59. The Hall–Kier alpha value is -3.30. The largest absolute Gasteiger partial charge is 0.423 e. The summed E-state index contributed by atoms with van der Waals surface area (Å²) in [6.07, 6.45) is 7.98. The number of piperazine rings is 1. The molecule has 2 aliphatic heterocycles. The lowest BCUT2D eigenvalue weighted by Crippen LogP contribution is -2.48. The first-order valence-electron chi connectivity index (χ1n) is 11.0. The minimum absolute atomic E-state index is 0.245. The van der Waals surface area contributed by atoms with Crippen LogP contribution in [0.1, 0.15) is 31.5 Å². The van der Waals surface area contributed by atoms with Gasteiger partial charge in [-0.3, -0.25) is 5.10 Å². The molecule has 1 atom stereocenters. The lowest BCUT2D eigenvalue weighted by Gasteiger charge is -2.33. The smallest absolute Gasteiger partial charge is 0.321 e. The van der Waals surface area contributed by atoms with Crippen LogP contribution in [0.2, 0.25) is 5.02 Å². The minimum Gasteiger partial charge on any atom is -0.423 e. The Morgan fingerprint density at radius 3 is 2.76 bits per heavy atom. The normalized spacial score (nSPS) is 19.1. The molecule has 1 aromatic heterocycles. The van der Waals surface area contributed by atoms with Gasteiger partial charge in [0.25, 0.3) is 0 Å². The number of hydrogen-bond donors (Lipinski definition) is 4. The van der Waals surface area contributed by atoms with Crippen molar-refractivity contribution in [1.29, 1.82) is 0 Å². The first kappa shape index (κ1) is 22.9. The number of hydrogen-bond acceptors (Lipinski definition) is 8. The number of nitrogens with zero attached hydrogens (tertiary/aromatic N) is 4. The molecule has 4 rings (SSSR count). The number of nitrogens with one attached hydrogen (secondary N) is 3. The van der Waals surface area contributed by atoms with E-state index >= 15 is 0 Å². The van der Waals surface area contributed by atoms with Crippen molar-refractivity contribution in [3.8, 4) is 5.75 Å². The number of anilines is 2. The molecule has 10 heteroatoms. The fourth-order valence-electron chi connectivity index (χ4n) is 3.74. The number of rotatable bonds is 5. The van der Waals surface area contributed by atoms with E-state index in [0.717, 1.165) is 37.7 Å². The third-order valence-electron chi connectivity index (χ3n) is 5.32. The maximum Gasteiger partial charge on any atom is 0.321 e. The Morgan fingerprint density at radius 2 is 2.00 bits per heavy atom. The fourth-order valence-corrected chi connectivity index (χ4v) is 4.01. The summed E-state index contributed by atoms with van der Waals surface area (Å²) in [4.78, 5) is 11.7. The number of ether oxygens (including phenoxy) is 1. The van der Waals surface area contributed by atoms with Gasteiger partial charge in [-0.15, -0.1) is 0 Å². The van der Waals surface area contributed by atoms with E-state index in [1.54, 1.807) is 12.1 Å². The molecular weight excluding hydrogens is 440 g/mol. The first-order valence-corrected chi connectivity index (χ1v) is 11.4. The van der Waals surface area contributed by atoms with Gasteiger partial charge in [0, 0.05) is 49.9 Å². The number of allylic oxidation sites excluding steroid dienone is 2. The van der Waals surface area contributed by atoms with Crippen LogP contribution in [-0.2, 0) is 0 Å². The molecule has 3 heterocycles. The van der Waals surface area contributed by atoms with Gasteiger partial charge >= 0.3 is 6.02 Å². The number of aliphatic imine (C=N–C) groups is 2. The predicted molar refractivity (Wildman–Crippen MR) is 136 cm³/mol. The van der Waals surface area contributed by atoms with Gasteiger partial charge < -0.3 is 26.0 Å². The van der Waals surface area contributed by atoms with Gasteiger partial charge in [-0.2, -0.15) is 10.1 Å². The van der Waals surface area contributed by atoms with E-state index < -0.39 is 0 Å². The van der Waals surface area contributed by atoms with E-state index in [4.69, 9.17) is 27.1 Å². The standard InChI is InChI=1S/C23H29ClN8O/c1-3-5-15-13-20(31-30-15)27-19-14-21(32-11-9-26-10-12-32)29-23(28-19)33-18-8-7-17(25)16(6-4-2)22(18)24/h3-8,13,19,26H,9-12,14,25H2,1-2H3,(H2,27,30,31)/b5-3+,6-4?. The summed E-state index contributed by atoms with van der Waals surface area (Å²) < 4.78 is 6.08. The minimum atomic E-state index is -0.285. The molecule has 2 aromatic rings. The highest BCUT2D eigenvalue weighted by molar-refractivity contribution is 6.34. The third kappa shape index (κ3) is 5.55. The van der Waals surface area contributed by atoms with E-state index in [0.29, 0.717) is 34.3 Å². The van der Waals surface area contributed by atoms with E-state index in [2.05, 4.69) is 30.7 Å². The molecule has 33 heavy (non-hydrogen) atoms. The van der Waals surface area contributed by atoms with Crippen molar-refractivity contribution in [2.24, 2.45) is 9.98 Å². The lowest BCUT2D eigenvalue weighted by molar-refractivity contribution is 0.347. The molecule has 0 radical (unpaired) electrons. The second kappa shape index (κ2) is 10.5. The highest BCUT2D eigenvalue weighted by Crippen LogP contribution is 2.34. The fraction of sp³-hybridized carbons (Fsp3) is 0.348. The monoisotopic (exact) mass is 468 g/mol. The molecule has 0 amide bonds. The Balaban J connectivity index is 1.61. The van der Waals surface area contributed by atoms with Crippen LogP contribution in [0.15, 0.2) is 40.3 Å². The van der Waals surface area contributed by atoms with Gasteiger partial charge in [-0.05, 0) is 32.1 Å². The van der Waals surface area contributed by atoms with Crippen LogP contribution in [0.5, 0.6) is 5.75 Å². The molecule has 5 N–H and O–H groups in total. The van der Waals surface area contributed by atoms with Gasteiger partial charge in [0.2, 0.25) is 0 Å². The summed E-state index contributed by atoms with van der Waals surface area (Å²) in [5.41, 5.74) is 8.28. The second-order valence-corrected chi connectivity index (χ2v) is 8.11. The lowest BCUT2D eigenvalue weighted by atomic mass is 10.1. The van der Waals surface area contributed by atoms with Crippen LogP contribution >= 0.6 is 11.6 Å². The number of nitrogens with two attached hydrogens (primary N) is 1. The summed E-state index contributed by atoms with van der Waals surface area (Å²) in [7, 11) is 0. The van der Waals surface area contributed by atoms with E-state index in [9.17, 15) is 0 Å². The molecule has 0 aliphatic carbocycles. The van der Waals surface area contributed by atoms with Crippen molar-refractivity contribution < 1.29 is 4.74 Å². The van der Waals surface area contributed by atoms with Crippen molar-refractivity contribution in [3.63, 3.8) is 0 Å². The van der Waals surface area contributed by atoms with Crippen LogP contribution in [0.25, 0.3) is 12.2 Å². The number of amidine groups is 2. The average Bonchev–Trinajstić information content (AvgIpc) is 3.26. The zero-order chi connectivity index (χ0) is 23.2. The molecular formula is C23H29ClN8O. The summed E-state index contributed by atoms with van der Waals surface area (Å²) in [5.74, 6) is 2.08. The maximum atomic E-state index is 6.58. The zero-order valence-corrected chi connectivity index (χ0v) is 19.6. The summed E-state index contributed by atoms with van der Waals surface area (Å²) >= 11 is 6.58. The third-order valence-corrected chi connectivity index (χ3v) is 5.71. The Labute approximate surface area is 198 Å². The first-order chi connectivity index (χ1) is 16.1. The number of halogens is 1. The average molecular weight is 469 g/mol. The Bertz CT molecular complexity index is 1100. The number of aromatic amines is 1. The van der Waals surface area contributed by atoms with Crippen LogP contribution in [-0.4, -0.2) is 59.3 Å². The number of aromatic nitrogens is 2. The molecule has 0 saturated carbocycles. The zero-order valence-electron chi connectivity index (χ0n) is 18.8. The Kier molecular flexibility index (Phi) is 7.31. The van der Waals surface area contributed by atoms with E-state index in [1.807, 2.05) is 44.2 Å². The van der Waals surface area contributed by atoms with Gasteiger partial charge in [0.1, 0.15) is 23.6 Å². The Morgan fingerprint density at radius 1 is 1.21 bits per heavy atom. The quantitative estimate of drug-likeness (QED) is 0.498. The summed E-state index contributed by atoms with van der Waals surface area (Å²) in [6.45, 7) is 7.44. The van der Waals surface area contributed by atoms with Crippen molar-refractivity contribution >= 4 is 47.1 Å².